The standard InChI is InChI=1S/C18H21BrN2/c19-18-14(11-13-5-1-4-8-17(13)18)12-15-9-10-21(20-15)16-6-2-3-7-16/h1,4-5,8-10,14,16,18H,2-3,6-7,11-12H2. The van der Waals surface area contributed by atoms with E-state index in [1.54, 1.807) is 0 Å². The Balaban J connectivity index is 1.47. The zero-order chi connectivity index (χ0) is 14.2. The summed E-state index contributed by atoms with van der Waals surface area (Å²) in [6.45, 7) is 0. The first-order valence-electron chi connectivity index (χ1n) is 8.07. The molecule has 0 radical (unpaired) electrons. The van der Waals surface area contributed by atoms with Crippen molar-refractivity contribution in [2.45, 2.75) is 49.4 Å². The summed E-state index contributed by atoms with van der Waals surface area (Å²) in [5.41, 5.74) is 4.22. The number of benzene rings is 1. The van der Waals surface area contributed by atoms with Crippen molar-refractivity contribution >= 4 is 15.9 Å². The number of aromatic nitrogens is 2. The van der Waals surface area contributed by atoms with E-state index >= 15 is 0 Å². The van der Waals surface area contributed by atoms with Crippen molar-refractivity contribution < 1.29 is 0 Å². The average molecular weight is 345 g/mol. The van der Waals surface area contributed by atoms with Gasteiger partial charge in [-0.25, -0.2) is 0 Å². The van der Waals surface area contributed by atoms with Gasteiger partial charge in [0.1, 0.15) is 0 Å². The van der Waals surface area contributed by atoms with Gasteiger partial charge in [0.05, 0.1) is 11.7 Å². The van der Waals surface area contributed by atoms with Gasteiger partial charge in [-0.3, -0.25) is 4.68 Å². The van der Waals surface area contributed by atoms with Crippen LogP contribution in [0.4, 0.5) is 0 Å². The lowest BCUT2D eigenvalue weighted by atomic mass is 10.0. The Kier molecular flexibility index (Phi) is 3.62. The predicted molar refractivity (Wildman–Crippen MR) is 88.7 cm³/mol. The number of halogens is 1. The fourth-order valence-electron chi connectivity index (χ4n) is 3.93. The molecule has 1 aromatic carbocycles. The van der Waals surface area contributed by atoms with Crippen LogP contribution in [0, 0.1) is 5.92 Å². The lowest BCUT2D eigenvalue weighted by Crippen LogP contribution is -2.09. The second-order valence-corrected chi connectivity index (χ2v) is 7.48. The van der Waals surface area contributed by atoms with Gasteiger partial charge in [0.15, 0.2) is 0 Å². The Hall–Kier alpha value is -1.09. The van der Waals surface area contributed by atoms with Crippen molar-refractivity contribution in [1.29, 1.82) is 0 Å². The van der Waals surface area contributed by atoms with Crippen LogP contribution >= 0.6 is 15.9 Å². The molecule has 2 nitrogen and oxygen atoms in total. The maximum Gasteiger partial charge on any atom is 0.0628 e. The summed E-state index contributed by atoms with van der Waals surface area (Å²) in [6.07, 6.45) is 9.76. The van der Waals surface area contributed by atoms with Crippen LogP contribution in [0.1, 0.15) is 53.4 Å². The molecule has 2 unspecified atom stereocenters. The van der Waals surface area contributed by atoms with Gasteiger partial charge in [-0.15, -0.1) is 0 Å². The van der Waals surface area contributed by atoms with Gasteiger partial charge < -0.3 is 0 Å². The number of rotatable bonds is 3. The van der Waals surface area contributed by atoms with Gasteiger partial charge in [0, 0.05) is 11.0 Å². The third-order valence-electron chi connectivity index (χ3n) is 5.08. The molecule has 2 aromatic rings. The monoisotopic (exact) mass is 344 g/mol. The summed E-state index contributed by atoms with van der Waals surface area (Å²) in [5.74, 6) is 0.634. The normalized spacial score (nSPS) is 25.4. The van der Waals surface area contributed by atoms with Gasteiger partial charge in [-0.1, -0.05) is 53.0 Å². The molecule has 3 heteroatoms. The molecular weight excluding hydrogens is 324 g/mol. The summed E-state index contributed by atoms with van der Waals surface area (Å²) in [4.78, 5) is 0.477. The predicted octanol–water partition coefficient (Wildman–Crippen LogP) is 4.85. The number of nitrogens with zero attached hydrogens (tertiary/aromatic N) is 2. The average Bonchev–Trinajstić information content (AvgIpc) is 3.21. The molecular formula is C18H21BrN2. The van der Waals surface area contributed by atoms with Gasteiger partial charge in [-0.2, -0.15) is 5.10 Å². The fraction of sp³-hybridized carbons (Fsp3) is 0.500. The third-order valence-corrected chi connectivity index (χ3v) is 6.32. The number of fused-ring (bicyclic) bond motifs is 1. The molecule has 0 amide bonds. The molecule has 1 aromatic heterocycles. The second kappa shape index (κ2) is 5.60. The van der Waals surface area contributed by atoms with E-state index in [2.05, 4.69) is 57.1 Å². The molecule has 21 heavy (non-hydrogen) atoms. The topological polar surface area (TPSA) is 17.8 Å². The Morgan fingerprint density at radius 2 is 1.95 bits per heavy atom. The highest BCUT2D eigenvalue weighted by Gasteiger charge is 2.30. The molecule has 0 aliphatic heterocycles. The van der Waals surface area contributed by atoms with E-state index in [0.717, 1.165) is 6.42 Å². The summed E-state index contributed by atoms with van der Waals surface area (Å²) in [5, 5.41) is 4.85. The molecule has 0 bridgehead atoms. The lowest BCUT2D eigenvalue weighted by molar-refractivity contribution is 0.456. The van der Waals surface area contributed by atoms with E-state index in [1.807, 2.05) is 0 Å². The van der Waals surface area contributed by atoms with E-state index in [1.165, 1.54) is 48.9 Å². The van der Waals surface area contributed by atoms with Crippen LogP contribution in [0.2, 0.25) is 0 Å². The van der Waals surface area contributed by atoms with Crippen LogP contribution in [0.5, 0.6) is 0 Å². The van der Waals surface area contributed by atoms with Crippen molar-refractivity contribution in [2.75, 3.05) is 0 Å². The minimum absolute atomic E-state index is 0.477. The first-order chi connectivity index (χ1) is 10.3. The summed E-state index contributed by atoms with van der Waals surface area (Å²) >= 11 is 3.90. The largest absolute Gasteiger partial charge is 0.269 e. The third kappa shape index (κ3) is 2.57. The first kappa shape index (κ1) is 13.6. The van der Waals surface area contributed by atoms with Crippen LogP contribution in [-0.4, -0.2) is 9.78 Å². The van der Waals surface area contributed by atoms with Gasteiger partial charge in [0.25, 0.3) is 0 Å². The van der Waals surface area contributed by atoms with E-state index < -0.39 is 0 Å². The highest BCUT2D eigenvalue weighted by atomic mass is 79.9. The molecule has 1 fully saturated rings. The summed E-state index contributed by atoms with van der Waals surface area (Å²) < 4.78 is 2.22. The molecule has 1 saturated carbocycles. The maximum absolute atomic E-state index is 4.85. The highest BCUT2D eigenvalue weighted by molar-refractivity contribution is 9.09. The molecule has 110 valence electrons. The molecule has 1 heterocycles. The van der Waals surface area contributed by atoms with Crippen molar-refractivity contribution in [3.05, 3.63) is 53.3 Å². The van der Waals surface area contributed by atoms with Gasteiger partial charge in [0.2, 0.25) is 0 Å². The molecule has 0 spiro atoms. The zero-order valence-electron chi connectivity index (χ0n) is 12.2. The van der Waals surface area contributed by atoms with E-state index in [4.69, 9.17) is 5.10 Å². The molecule has 0 N–H and O–H groups in total. The Labute approximate surface area is 134 Å². The summed E-state index contributed by atoms with van der Waals surface area (Å²) in [7, 11) is 0. The van der Waals surface area contributed by atoms with E-state index in [9.17, 15) is 0 Å². The van der Waals surface area contributed by atoms with E-state index in [-0.39, 0.29) is 0 Å². The van der Waals surface area contributed by atoms with Crippen LogP contribution in [0.15, 0.2) is 36.5 Å². The van der Waals surface area contributed by atoms with Gasteiger partial charge in [-0.05, 0) is 48.8 Å². The van der Waals surface area contributed by atoms with Crippen LogP contribution in [0.25, 0.3) is 0 Å². The number of hydrogen-bond acceptors (Lipinski definition) is 1. The zero-order valence-corrected chi connectivity index (χ0v) is 13.8. The summed E-state index contributed by atoms with van der Waals surface area (Å²) in [6, 6.07) is 11.7. The van der Waals surface area contributed by atoms with Crippen LogP contribution in [-0.2, 0) is 12.8 Å². The van der Waals surface area contributed by atoms with Crippen molar-refractivity contribution in [3.8, 4) is 0 Å². The number of hydrogen-bond donors (Lipinski definition) is 0. The van der Waals surface area contributed by atoms with Crippen LogP contribution in [0.3, 0.4) is 0 Å². The van der Waals surface area contributed by atoms with Gasteiger partial charge >= 0.3 is 0 Å². The minimum Gasteiger partial charge on any atom is -0.269 e. The Morgan fingerprint density at radius 1 is 1.14 bits per heavy atom. The van der Waals surface area contributed by atoms with Crippen molar-refractivity contribution in [3.63, 3.8) is 0 Å². The fourth-order valence-corrected chi connectivity index (χ4v) is 4.75. The van der Waals surface area contributed by atoms with Crippen LogP contribution < -0.4 is 0 Å². The Bertz CT molecular complexity index is 628. The second-order valence-electron chi connectivity index (χ2n) is 6.49. The quantitative estimate of drug-likeness (QED) is 0.727. The van der Waals surface area contributed by atoms with Crippen molar-refractivity contribution in [2.24, 2.45) is 5.92 Å². The van der Waals surface area contributed by atoms with Crippen molar-refractivity contribution in [1.82, 2.24) is 9.78 Å². The maximum atomic E-state index is 4.85. The minimum atomic E-state index is 0.477. The smallest absolute Gasteiger partial charge is 0.0628 e. The lowest BCUT2D eigenvalue weighted by Gasteiger charge is -2.13. The highest BCUT2D eigenvalue weighted by Crippen LogP contribution is 2.43. The Morgan fingerprint density at radius 3 is 2.76 bits per heavy atom. The SMILES string of the molecule is BrC1c2ccccc2CC1Cc1ccn(C2CCCC2)n1. The molecule has 2 atom stereocenters. The molecule has 4 rings (SSSR count). The first-order valence-corrected chi connectivity index (χ1v) is 8.99. The van der Waals surface area contributed by atoms with E-state index in [0.29, 0.717) is 16.8 Å². The molecule has 2 aliphatic carbocycles. The molecule has 2 aliphatic rings. The molecule has 0 saturated heterocycles. The number of alkyl halides is 1.